The number of aliphatic carboxylic acids is 1. The number of carboxylic acids is 1. The molecule has 0 aliphatic heterocycles. The van der Waals surface area contributed by atoms with E-state index >= 15 is 0 Å². The second-order valence-electron chi connectivity index (χ2n) is 5.08. The van der Waals surface area contributed by atoms with Gasteiger partial charge >= 0.3 is 5.97 Å². The van der Waals surface area contributed by atoms with E-state index in [1.807, 2.05) is 0 Å². The maximum absolute atomic E-state index is 11.7. The fraction of sp³-hybridized carbons (Fsp3) is 0.400. The summed E-state index contributed by atoms with van der Waals surface area (Å²) in [6.07, 6.45) is 2.00. The number of carbonyl (C=O) groups is 2. The lowest BCUT2D eigenvalue weighted by atomic mass is 10.1. The van der Waals surface area contributed by atoms with E-state index in [1.165, 1.54) is 0 Å². The van der Waals surface area contributed by atoms with Crippen LogP contribution >= 0.6 is 0 Å². The number of unbranched alkanes of at least 4 members (excludes halogenated alkanes) is 1. The molecular formula is C15H22N4O3. The molecule has 120 valence electrons. The van der Waals surface area contributed by atoms with Crippen LogP contribution in [0.1, 0.15) is 30.4 Å². The molecule has 0 bridgehead atoms. The van der Waals surface area contributed by atoms with Gasteiger partial charge in [0.2, 0.25) is 5.91 Å². The highest BCUT2D eigenvalue weighted by molar-refractivity contribution is 5.95. The first-order chi connectivity index (χ1) is 10.4. The van der Waals surface area contributed by atoms with Crippen molar-refractivity contribution in [3.05, 3.63) is 35.4 Å². The quantitative estimate of drug-likeness (QED) is 0.252. The first-order valence-electron chi connectivity index (χ1n) is 7.08. The van der Waals surface area contributed by atoms with Gasteiger partial charge in [0.15, 0.2) is 0 Å². The van der Waals surface area contributed by atoms with Gasteiger partial charge in [-0.25, -0.2) is 0 Å². The third-order valence-corrected chi connectivity index (χ3v) is 3.21. The zero-order chi connectivity index (χ0) is 16.5. The fourth-order valence-corrected chi connectivity index (χ4v) is 1.89. The van der Waals surface area contributed by atoms with E-state index in [4.69, 9.17) is 22.0 Å². The van der Waals surface area contributed by atoms with Gasteiger partial charge in [-0.2, -0.15) is 0 Å². The fourth-order valence-electron chi connectivity index (χ4n) is 1.89. The van der Waals surface area contributed by atoms with E-state index in [0.29, 0.717) is 31.4 Å². The van der Waals surface area contributed by atoms with Crippen molar-refractivity contribution in [3.8, 4) is 0 Å². The van der Waals surface area contributed by atoms with Gasteiger partial charge in [-0.1, -0.05) is 24.3 Å². The Bertz CT molecular complexity index is 528. The van der Waals surface area contributed by atoms with Crippen molar-refractivity contribution in [2.45, 2.75) is 31.7 Å². The topological polar surface area (TPSA) is 142 Å². The van der Waals surface area contributed by atoms with E-state index in [-0.39, 0.29) is 18.2 Å². The Hall–Kier alpha value is -2.41. The van der Waals surface area contributed by atoms with Gasteiger partial charge in [0, 0.05) is 12.1 Å². The van der Waals surface area contributed by atoms with Crippen LogP contribution in [-0.4, -0.2) is 35.4 Å². The zero-order valence-electron chi connectivity index (χ0n) is 12.3. The van der Waals surface area contributed by atoms with E-state index in [1.54, 1.807) is 24.3 Å². The number of carbonyl (C=O) groups excluding carboxylic acids is 1. The Kier molecular flexibility index (Phi) is 7.04. The molecule has 0 fully saturated rings. The molecule has 1 aromatic carbocycles. The summed E-state index contributed by atoms with van der Waals surface area (Å²) in [5.41, 5.74) is 12.2. The summed E-state index contributed by atoms with van der Waals surface area (Å²) in [7, 11) is 0. The zero-order valence-corrected chi connectivity index (χ0v) is 12.3. The van der Waals surface area contributed by atoms with Gasteiger partial charge in [-0.05, 0) is 24.8 Å². The molecule has 7 N–H and O–H groups in total. The smallest absolute Gasteiger partial charge is 0.320 e. The van der Waals surface area contributed by atoms with E-state index in [0.717, 1.165) is 5.56 Å². The van der Waals surface area contributed by atoms with Crippen molar-refractivity contribution >= 4 is 17.7 Å². The molecule has 1 amide bonds. The highest BCUT2D eigenvalue weighted by atomic mass is 16.4. The normalized spacial score (nSPS) is 11.7. The highest BCUT2D eigenvalue weighted by Crippen LogP contribution is 2.05. The Morgan fingerprint density at radius 3 is 2.41 bits per heavy atom. The molecule has 1 unspecified atom stereocenters. The first kappa shape index (κ1) is 17.6. The first-order valence-corrected chi connectivity index (χ1v) is 7.08. The van der Waals surface area contributed by atoms with Gasteiger partial charge in [0.1, 0.15) is 11.9 Å². The highest BCUT2D eigenvalue weighted by Gasteiger charge is 2.10. The standard InChI is InChI=1S/C15H22N4O3/c16-12(15(21)22)3-1-2-8-19-13(20)9-10-4-6-11(7-5-10)14(17)18/h4-7,12H,1-3,8-9,16H2,(H3,17,18)(H,19,20)(H,21,22). The minimum absolute atomic E-state index is 0.00410. The number of benzene rings is 1. The summed E-state index contributed by atoms with van der Waals surface area (Å²) >= 11 is 0. The van der Waals surface area contributed by atoms with Crippen LogP contribution in [0.5, 0.6) is 0 Å². The molecule has 0 saturated carbocycles. The Morgan fingerprint density at radius 2 is 1.86 bits per heavy atom. The lowest BCUT2D eigenvalue weighted by molar-refractivity contribution is -0.138. The van der Waals surface area contributed by atoms with Crippen LogP contribution in [-0.2, 0) is 16.0 Å². The van der Waals surface area contributed by atoms with E-state index in [2.05, 4.69) is 5.32 Å². The van der Waals surface area contributed by atoms with Gasteiger partial charge in [-0.3, -0.25) is 15.0 Å². The molecule has 1 rings (SSSR count). The van der Waals surface area contributed by atoms with Crippen molar-refractivity contribution in [1.29, 1.82) is 5.41 Å². The number of amidine groups is 1. The number of nitrogens with two attached hydrogens (primary N) is 2. The lowest BCUT2D eigenvalue weighted by Gasteiger charge is -2.07. The summed E-state index contributed by atoms with van der Waals surface area (Å²) in [5.74, 6) is -1.10. The van der Waals surface area contributed by atoms with Crippen LogP contribution in [0.15, 0.2) is 24.3 Å². The maximum atomic E-state index is 11.7. The molecule has 7 nitrogen and oxygen atoms in total. The minimum atomic E-state index is -1.00. The molecular weight excluding hydrogens is 284 g/mol. The van der Waals surface area contributed by atoms with Crippen LogP contribution in [0.2, 0.25) is 0 Å². The largest absolute Gasteiger partial charge is 0.480 e. The van der Waals surface area contributed by atoms with Crippen molar-refractivity contribution < 1.29 is 14.7 Å². The Labute approximate surface area is 129 Å². The SMILES string of the molecule is N=C(N)c1ccc(CC(=O)NCCCCC(N)C(=O)O)cc1. The number of hydrogen-bond acceptors (Lipinski definition) is 4. The third kappa shape index (κ3) is 6.36. The average Bonchev–Trinajstić information content (AvgIpc) is 2.47. The van der Waals surface area contributed by atoms with Crippen molar-refractivity contribution in [2.24, 2.45) is 11.5 Å². The number of rotatable bonds is 9. The predicted molar refractivity (Wildman–Crippen MR) is 83.6 cm³/mol. The monoisotopic (exact) mass is 306 g/mol. The molecule has 0 aromatic heterocycles. The summed E-state index contributed by atoms with van der Waals surface area (Å²) in [6.45, 7) is 0.497. The molecule has 0 aliphatic carbocycles. The minimum Gasteiger partial charge on any atom is -0.480 e. The maximum Gasteiger partial charge on any atom is 0.320 e. The van der Waals surface area contributed by atoms with Crippen LogP contribution in [0, 0.1) is 5.41 Å². The lowest BCUT2D eigenvalue weighted by Crippen LogP contribution is -2.30. The molecule has 0 aliphatic rings. The number of carboxylic acid groups (broad SMARTS) is 1. The van der Waals surface area contributed by atoms with Crippen molar-refractivity contribution in [2.75, 3.05) is 6.54 Å². The van der Waals surface area contributed by atoms with Gasteiger partial charge < -0.3 is 21.9 Å². The molecule has 0 radical (unpaired) electrons. The molecule has 0 saturated heterocycles. The van der Waals surface area contributed by atoms with Crippen molar-refractivity contribution in [3.63, 3.8) is 0 Å². The van der Waals surface area contributed by atoms with E-state index < -0.39 is 12.0 Å². The van der Waals surface area contributed by atoms with Crippen molar-refractivity contribution in [1.82, 2.24) is 5.32 Å². The number of nitrogen functional groups attached to an aromatic ring is 1. The Morgan fingerprint density at radius 1 is 1.23 bits per heavy atom. The molecule has 0 spiro atoms. The summed E-state index contributed by atoms with van der Waals surface area (Å²) in [6, 6.07) is 6.11. The second-order valence-corrected chi connectivity index (χ2v) is 5.08. The molecule has 1 aromatic rings. The average molecular weight is 306 g/mol. The summed E-state index contributed by atoms with van der Waals surface area (Å²) in [5, 5.41) is 18.7. The van der Waals surface area contributed by atoms with Gasteiger partial charge in [0.25, 0.3) is 0 Å². The van der Waals surface area contributed by atoms with Crippen LogP contribution < -0.4 is 16.8 Å². The Balaban J connectivity index is 2.23. The van der Waals surface area contributed by atoms with Crippen LogP contribution in [0.3, 0.4) is 0 Å². The third-order valence-electron chi connectivity index (χ3n) is 3.21. The summed E-state index contributed by atoms with van der Waals surface area (Å²) < 4.78 is 0. The second kappa shape index (κ2) is 8.78. The van der Waals surface area contributed by atoms with Crippen LogP contribution in [0.4, 0.5) is 0 Å². The number of nitrogens with one attached hydrogen (secondary N) is 2. The van der Waals surface area contributed by atoms with Crippen LogP contribution in [0.25, 0.3) is 0 Å². The molecule has 1 atom stereocenters. The van der Waals surface area contributed by atoms with Gasteiger partial charge in [0.05, 0.1) is 6.42 Å². The predicted octanol–water partition coefficient (Wildman–Crippen LogP) is 0.212. The van der Waals surface area contributed by atoms with E-state index in [9.17, 15) is 9.59 Å². The molecule has 22 heavy (non-hydrogen) atoms. The summed E-state index contributed by atoms with van der Waals surface area (Å²) in [4.78, 5) is 22.3. The molecule has 0 heterocycles. The van der Waals surface area contributed by atoms with Gasteiger partial charge in [-0.15, -0.1) is 0 Å². The number of amides is 1. The molecule has 7 heteroatoms. The number of hydrogen-bond donors (Lipinski definition) is 5.